The summed E-state index contributed by atoms with van der Waals surface area (Å²) in [5.74, 6) is -0.279. The van der Waals surface area contributed by atoms with Crippen LogP contribution >= 0.6 is 11.6 Å². The lowest BCUT2D eigenvalue weighted by Crippen LogP contribution is -2.31. The van der Waals surface area contributed by atoms with Gasteiger partial charge in [0, 0.05) is 11.6 Å². The van der Waals surface area contributed by atoms with Crippen molar-refractivity contribution in [1.29, 1.82) is 0 Å². The molecular formula is C22H20ClNO. The maximum absolute atomic E-state index is 12.9. The van der Waals surface area contributed by atoms with Crippen LogP contribution < -0.4 is 5.32 Å². The number of benzene rings is 3. The first kappa shape index (κ1) is 17.2. The maximum atomic E-state index is 12.9. The van der Waals surface area contributed by atoms with Gasteiger partial charge in [0.1, 0.15) is 0 Å². The number of carbonyl (C=O) groups is 1. The van der Waals surface area contributed by atoms with Crippen LogP contribution in [0.15, 0.2) is 84.9 Å². The van der Waals surface area contributed by atoms with Gasteiger partial charge in [0.25, 0.3) is 0 Å². The van der Waals surface area contributed by atoms with Gasteiger partial charge in [-0.1, -0.05) is 84.4 Å². The fourth-order valence-corrected chi connectivity index (χ4v) is 3.00. The summed E-state index contributed by atoms with van der Waals surface area (Å²) in [5, 5.41) is 3.79. The molecule has 3 rings (SSSR count). The normalized spacial score (nSPS) is 10.6. The lowest BCUT2D eigenvalue weighted by molar-refractivity contribution is -0.121. The lowest BCUT2D eigenvalue weighted by atomic mass is 9.90. The van der Waals surface area contributed by atoms with E-state index < -0.39 is 0 Å². The minimum atomic E-state index is -0.299. The Hall–Kier alpha value is -2.58. The Bertz CT molecular complexity index is 761. The van der Waals surface area contributed by atoms with E-state index in [2.05, 4.69) is 5.32 Å². The molecule has 1 amide bonds. The highest BCUT2D eigenvalue weighted by molar-refractivity contribution is 6.30. The number of amides is 1. The van der Waals surface area contributed by atoms with Crippen molar-refractivity contribution in [3.8, 4) is 0 Å². The molecule has 3 aromatic rings. The van der Waals surface area contributed by atoms with E-state index in [0.29, 0.717) is 6.54 Å². The monoisotopic (exact) mass is 349 g/mol. The molecule has 1 N–H and O–H groups in total. The molecule has 0 saturated carbocycles. The predicted octanol–water partition coefficient (Wildman–Crippen LogP) is 4.83. The molecule has 3 aromatic carbocycles. The number of nitrogens with one attached hydrogen (secondary N) is 1. The number of carbonyl (C=O) groups excluding carboxylic acids is 1. The zero-order valence-electron chi connectivity index (χ0n) is 13.9. The van der Waals surface area contributed by atoms with Gasteiger partial charge in [-0.2, -0.15) is 0 Å². The first-order valence-electron chi connectivity index (χ1n) is 8.36. The first-order chi connectivity index (χ1) is 12.2. The molecule has 0 aliphatic heterocycles. The van der Waals surface area contributed by atoms with Crippen molar-refractivity contribution in [1.82, 2.24) is 5.32 Å². The van der Waals surface area contributed by atoms with Crippen molar-refractivity contribution in [2.45, 2.75) is 12.3 Å². The first-order valence-corrected chi connectivity index (χ1v) is 8.74. The molecule has 0 unspecified atom stereocenters. The van der Waals surface area contributed by atoms with Gasteiger partial charge >= 0.3 is 0 Å². The van der Waals surface area contributed by atoms with Crippen molar-refractivity contribution in [2.24, 2.45) is 0 Å². The highest BCUT2D eigenvalue weighted by Crippen LogP contribution is 2.24. The Balaban J connectivity index is 1.70. The van der Waals surface area contributed by atoms with Crippen molar-refractivity contribution in [2.75, 3.05) is 6.54 Å². The standard InChI is InChI=1S/C22H20ClNO/c23-20-13-11-17(12-14-20)15-16-24-22(25)21(18-7-3-1-4-8-18)19-9-5-2-6-10-19/h1-14,21H,15-16H2,(H,24,25). The van der Waals surface area contributed by atoms with E-state index in [0.717, 1.165) is 28.1 Å². The van der Waals surface area contributed by atoms with Crippen LogP contribution in [0.5, 0.6) is 0 Å². The zero-order valence-corrected chi connectivity index (χ0v) is 14.6. The minimum Gasteiger partial charge on any atom is -0.355 e. The molecule has 0 saturated heterocycles. The Morgan fingerprint density at radius 2 is 1.32 bits per heavy atom. The van der Waals surface area contributed by atoms with Crippen LogP contribution in [0.4, 0.5) is 0 Å². The van der Waals surface area contributed by atoms with Crippen LogP contribution in [0.2, 0.25) is 5.02 Å². The largest absolute Gasteiger partial charge is 0.355 e. The number of hydrogen-bond donors (Lipinski definition) is 1. The quantitative estimate of drug-likeness (QED) is 0.678. The van der Waals surface area contributed by atoms with Crippen molar-refractivity contribution >= 4 is 17.5 Å². The molecule has 0 heterocycles. The van der Waals surface area contributed by atoms with E-state index in [1.807, 2.05) is 84.9 Å². The predicted molar refractivity (Wildman–Crippen MR) is 103 cm³/mol. The highest BCUT2D eigenvalue weighted by atomic mass is 35.5. The summed E-state index contributed by atoms with van der Waals surface area (Å²) in [6, 6.07) is 27.5. The molecule has 0 aliphatic carbocycles. The summed E-state index contributed by atoms with van der Waals surface area (Å²) >= 11 is 5.90. The summed E-state index contributed by atoms with van der Waals surface area (Å²) < 4.78 is 0. The fourth-order valence-electron chi connectivity index (χ4n) is 2.87. The lowest BCUT2D eigenvalue weighted by Gasteiger charge is -2.18. The van der Waals surface area contributed by atoms with Crippen LogP contribution in [-0.2, 0) is 11.2 Å². The second kappa shape index (κ2) is 8.50. The van der Waals surface area contributed by atoms with Crippen LogP contribution in [-0.4, -0.2) is 12.5 Å². The summed E-state index contributed by atoms with van der Waals surface area (Å²) in [7, 11) is 0. The minimum absolute atomic E-state index is 0.0198. The van der Waals surface area contributed by atoms with Gasteiger partial charge in [0.2, 0.25) is 5.91 Å². The van der Waals surface area contributed by atoms with Crippen LogP contribution in [0.1, 0.15) is 22.6 Å². The molecule has 0 bridgehead atoms. The summed E-state index contributed by atoms with van der Waals surface area (Å²) in [5.41, 5.74) is 3.15. The van der Waals surface area contributed by atoms with Gasteiger partial charge in [-0.15, -0.1) is 0 Å². The van der Waals surface area contributed by atoms with Gasteiger partial charge in [-0.25, -0.2) is 0 Å². The molecule has 2 nitrogen and oxygen atoms in total. The van der Waals surface area contributed by atoms with Gasteiger partial charge < -0.3 is 5.32 Å². The van der Waals surface area contributed by atoms with E-state index in [-0.39, 0.29) is 11.8 Å². The molecule has 0 fully saturated rings. The topological polar surface area (TPSA) is 29.1 Å². The van der Waals surface area contributed by atoms with Crippen LogP contribution in [0.3, 0.4) is 0 Å². The molecule has 3 heteroatoms. The number of rotatable bonds is 6. The van der Waals surface area contributed by atoms with Gasteiger partial charge in [-0.05, 0) is 35.2 Å². The molecule has 0 atom stereocenters. The van der Waals surface area contributed by atoms with E-state index in [1.54, 1.807) is 0 Å². The zero-order chi connectivity index (χ0) is 17.5. The van der Waals surface area contributed by atoms with E-state index in [4.69, 9.17) is 11.6 Å². The maximum Gasteiger partial charge on any atom is 0.232 e. The van der Waals surface area contributed by atoms with Crippen molar-refractivity contribution in [3.63, 3.8) is 0 Å². The van der Waals surface area contributed by atoms with Crippen molar-refractivity contribution in [3.05, 3.63) is 107 Å². The Labute approximate surface area is 153 Å². The Morgan fingerprint density at radius 1 is 0.800 bits per heavy atom. The van der Waals surface area contributed by atoms with E-state index in [1.165, 1.54) is 0 Å². The van der Waals surface area contributed by atoms with Crippen molar-refractivity contribution < 1.29 is 4.79 Å². The average Bonchev–Trinajstić information content (AvgIpc) is 2.65. The molecule has 0 radical (unpaired) electrons. The smallest absolute Gasteiger partial charge is 0.232 e. The van der Waals surface area contributed by atoms with Gasteiger partial charge in [0.15, 0.2) is 0 Å². The third-order valence-electron chi connectivity index (χ3n) is 4.15. The summed E-state index contributed by atoms with van der Waals surface area (Å²) in [6.45, 7) is 0.594. The summed E-state index contributed by atoms with van der Waals surface area (Å²) in [4.78, 5) is 12.9. The number of halogens is 1. The molecule has 25 heavy (non-hydrogen) atoms. The van der Waals surface area contributed by atoms with Gasteiger partial charge in [-0.3, -0.25) is 4.79 Å². The SMILES string of the molecule is O=C(NCCc1ccc(Cl)cc1)C(c1ccccc1)c1ccccc1. The van der Waals surface area contributed by atoms with Crippen LogP contribution in [0.25, 0.3) is 0 Å². The second-order valence-corrected chi connectivity index (χ2v) is 6.36. The summed E-state index contributed by atoms with van der Waals surface area (Å²) in [6.07, 6.45) is 0.777. The van der Waals surface area contributed by atoms with E-state index in [9.17, 15) is 4.79 Å². The van der Waals surface area contributed by atoms with Crippen LogP contribution in [0, 0.1) is 0 Å². The molecule has 126 valence electrons. The third-order valence-corrected chi connectivity index (χ3v) is 4.41. The Morgan fingerprint density at radius 3 is 1.84 bits per heavy atom. The molecule has 0 aliphatic rings. The third kappa shape index (κ3) is 4.71. The number of hydrogen-bond acceptors (Lipinski definition) is 1. The molecular weight excluding hydrogens is 330 g/mol. The van der Waals surface area contributed by atoms with Gasteiger partial charge in [0.05, 0.1) is 5.92 Å². The average molecular weight is 350 g/mol. The van der Waals surface area contributed by atoms with E-state index >= 15 is 0 Å². The fraction of sp³-hybridized carbons (Fsp3) is 0.136. The Kier molecular flexibility index (Phi) is 5.86. The second-order valence-electron chi connectivity index (χ2n) is 5.92. The highest BCUT2D eigenvalue weighted by Gasteiger charge is 2.21. The molecule has 0 aromatic heterocycles. The molecule has 0 spiro atoms.